The molecule has 0 N–H and O–H groups in total. The number of benzene rings is 20. The zero-order valence-corrected chi connectivity index (χ0v) is 82.4. The first-order valence-corrected chi connectivity index (χ1v) is 51.4. The van der Waals surface area contributed by atoms with Gasteiger partial charge in [-0.2, -0.15) is 0 Å². The SMILES string of the molecule is CC1(C)c2ccccc2-c2cc3c(cc21)c1cc2c(c4ccccc4n2-c2ccccc2)c2c4cc5c(cc4n3c12)-c1ccccc1C5(C)C.CC1(C)c2ccccc2-c2cc3c(cc21)c1cc2c4ccccc4n(-c4ccccc4)c2c2c4cc5c(cc4n3c12)-c1ccccc1C5(C)C.CC1(C)c2ccccc2-c2cc3c(cc21)c1cc2oc4ccccc4c2c2c4cc5c(cc4n3c12)-c1ccccc1C5(C)C. The van der Waals surface area contributed by atoms with E-state index in [9.17, 15) is 0 Å². The summed E-state index contributed by atoms with van der Waals surface area (Å²) in [6, 6.07) is 140. The Morgan fingerprint density at radius 3 is 0.826 bits per heavy atom. The lowest BCUT2D eigenvalue weighted by molar-refractivity contribution is 0.661. The summed E-state index contributed by atoms with van der Waals surface area (Å²) in [6.45, 7) is 28.6. The second-order valence-corrected chi connectivity index (χ2v) is 45.6. The lowest BCUT2D eigenvalue weighted by Gasteiger charge is -2.21. The van der Waals surface area contributed by atoms with Gasteiger partial charge in [-0.05, 0) is 267 Å². The molecule has 0 spiro atoms. The van der Waals surface area contributed by atoms with Crippen LogP contribution in [-0.2, 0) is 32.5 Å². The van der Waals surface area contributed by atoms with Gasteiger partial charge in [-0.15, -0.1) is 0 Å². The van der Waals surface area contributed by atoms with Crippen LogP contribution in [0, 0.1) is 0 Å². The van der Waals surface area contributed by atoms with Gasteiger partial charge < -0.3 is 26.8 Å². The lowest BCUT2D eigenvalue weighted by atomic mass is 9.82. The number of nitrogens with zero attached hydrogens (tertiary/aromatic N) is 5. The minimum atomic E-state index is -0.0878. The summed E-state index contributed by atoms with van der Waals surface area (Å²) in [7, 11) is 0. The van der Waals surface area contributed by atoms with Gasteiger partial charge in [0, 0.05) is 141 Å². The van der Waals surface area contributed by atoms with E-state index in [0.29, 0.717) is 0 Å². The number of fused-ring (bicyclic) bond motifs is 48. The van der Waals surface area contributed by atoms with Gasteiger partial charge in [0.25, 0.3) is 0 Å². The third-order valence-corrected chi connectivity index (χ3v) is 36.5. The fourth-order valence-electron chi connectivity index (χ4n) is 29.8. The van der Waals surface area contributed by atoms with Gasteiger partial charge in [-0.25, -0.2) is 0 Å². The Morgan fingerprint density at radius 2 is 0.431 bits per heavy atom. The third kappa shape index (κ3) is 9.53. The van der Waals surface area contributed by atoms with Crippen molar-refractivity contribution in [2.45, 2.75) is 116 Å². The van der Waals surface area contributed by atoms with Crippen molar-refractivity contribution >= 4 is 180 Å². The standard InChI is InChI=1S/2C48H34N2.C42H29NO/c1-47(2)37-19-11-8-16-28(37)31-25-42-33(23-39(31)47)35-22-34-30-18-10-13-21-41(30)49(27-14-6-5-7-15-27)45(34)44-36-24-40-32(26-43(36)50(42)46(35)44)29-17-9-12-20-38(29)48(40,3)4;1-47(2)36-19-11-8-16-28(36)31-24-41-33(22-38(31)47)34-26-43-44(30-18-10-13-21-40(30)49(43)27-14-6-5-7-15-27)45-35-23-39-32(25-42(35)50(41)46(34)45)29-17-9-12-20-37(29)48(39,3)4;1-41(2)30-14-8-5-11-22(30)25-19-34-27(17-32(25)41)28-21-37-38(24-13-7-10-16-36(24)44-37)39-29-18-33-26(20-35(29)43(34)40(28)39)23-12-6-9-15-31(23)42(33,3)4/h2*5-26H,1-4H3;5-21H,1-4H3. The molecule has 6 nitrogen and oxygen atoms in total. The van der Waals surface area contributed by atoms with Crippen molar-refractivity contribution in [3.63, 3.8) is 0 Å². The van der Waals surface area contributed by atoms with Crippen LogP contribution in [0.5, 0.6) is 0 Å². The quantitative estimate of drug-likeness (QED) is 0.170. The fraction of sp³-hybridized carbons (Fsp3) is 0.130. The van der Waals surface area contributed by atoms with Crippen molar-refractivity contribution in [1.29, 1.82) is 0 Å². The second kappa shape index (κ2) is 26.5. The first-order valence-electron chi connectivity index (χ1n) is 51.4. The van der Waals surface area contributed by atoms with Crippen LogP contribution >= 0.6 is 0 Å². The van der Waals surface area contributed by atoms with Crippen molar-refractivity contribution in [2.24, 2.45) is 0 Å². The van der Waals surface area contributed by atoms with E-state index >= 15 is 0 Å². The Balaban J connectivity index is 0.0000000951. The number of para-hydroxylation sites is 5. The van der Waals surface area contributed by atoms with Crippen LogP contribution in [0.25, 0.3) is 258 Å². The lowest BCUT2D eigenvalue weighted by Crippen LogP contribution is -2.14. The molecular weight excluding hydrogens is 1740 g/mol. The Hall–Kier alpha value is -16.8. The first-order chi connectivity index (χ1) is 70.0. The molecule has 0 radical (unpaired) electrons. The molecule has 6 aliphatic rings. The van der Waals surface area contributed by atoms with Crippen LogP contribution in [0.15, 0.2) is 374 Å². The normalized spacial score (nSPS) is 15.7. The highest BCUT2D eigenvalue weighted by atomic mass is 16.3. The molecule has 35 rings (SSSR count). The number of hydrogen-bond acceptors (Lipinski definition) is 1. The van der Waals surface area contributed by atoms with E-state index in [1.165, 1.54) is 314 Å². The molecule has 9 heterocycles. The summed E-state index contributed by atoms with van der Waals surface area (Å²) in [5.74, 6) is 0. The average molecular weight is 1840 g/mol. The first kappa shape index (κ1) is 79.9. The molecule has 680 valence electrons. The summed E-state index contributed by atoms with van der Waals surface area (Å²) in [5, 5.41) is 23.6. The second-order valence-electron chi connectivity index (χ2n) is 45.6. The van der Waals surface area contributed by atoms with E-state index in [1.807, 2.05) is 0 Å². The monoisotopic (exact) mass is 1840 g/mol. The number of furan rings is 1. The molecule has 0 unspecified atom stereocenters. The summed E-state index contributed by atoms with van der Waals surface area (Å²) in [6.07, 6.45) is 0. The Morgan fingerprint density at radius 1 is 0.153 bits per heavy atom. The molecule has 29 aromatic rings. The highest BCUT2D eigenvalue weighted by molar-refractivity contribution is 6.39. The van der Waals surface area contributed by atoms with Gasteiger partial charge in [0.05, 0.1) is 71.7 Å². The van der Waals surface area contributed by atoms with Crippen LogP contribution in [0.2, 0.25) is 0 Å². The van der Waals surface area contributed by atoms with Crippen LogP contribution in [-0.4, -0.2) is 22.3 Å². The number of hydrogen-bond donors (Lipinski definition) is 0. The maximum Gasteiger partial charge on any atom is 0.136 e. The highest BCUT2D eigenvalue weighted by Gasteiger charge is 2.45. The van der Waals surface area contributed by atoms with E-state index in [0.717, 1.165) is 11.2 Å². The summed E-state index contributed by atoms with van der Waals surface area (Å²) >= 11 is 0. The van der Waals surface area contributed by atoms with E-state index in [1.54, 1.807) is 0 Å². The Kier molecular flexibility index (Phi) is 14.7. The molecule has 0 amide bonds. The van der Waals surface area contributed by atoms with Crippen molar-refractivity contribution in [1.82, 2.24) is 22.3 Å². The van der Waals surface area contributed by atoms with E-state index in [2.05, 4.69) is 475 Å². The van der Waals surface area contributed by atoms with Crippen molar-refractivity contribution in [3.05, 3.63) is 437 Å². The number of aromatic nitrogens is 5. The van der Waals surface area contributed by atoms with Crippen molar-refractivity contribution < 1.29 is 4.42 Å². The van der Waals surface area contributed by atoms with E-state index in [4.69, 9.17) is 4.42 Å². The van der Waals surface area contributed by atoms with Gasteiger partial charge in [0.1, 0.15) is 11.2 Å². The molecule has 144 heavy (non-hydrogen) atoms. The number of rotatable bonds is 2. The Bertz CT molecular complexity index is 11000. The molecule has 6 heteroatoms. The molecule has 0 saturated heterocycles. The zero-order chi connectivity index (χ0) is 95.8. The maximum atomic E-state index is 6.62. The zero-order valence-electron chi connectivity index (χ0n) is 82.4. The van der Waals surface area contributed by atoms with Gasteiger partial charge in [0.2, 0.25) is 0 Å². The van der Waals surface area contributed by atoms with Crippen LogP contribution in [0.3, 0.4) is 0 Å². The molecule has 0 bridgehead atoms. The molecule has 20 aromatic carbocycles. The minimum absolute atomic E-state index is 0.0566. The topological polar surface area (TPSA) is 36.2 Å². The molecule has 0 aliphatic heterocycles. The predicted octanol–water partition coefficient (Wildman–Crippen LogP) is 36.4. The average Bonchev–Trinajstić information content (AvgIpc) is 1.51. The molecule has 0 saturated carbocycles. The maximum absolute atomic E-state index is 6.62. The van der Waals surface area contributed by atoms with Crippen LogP contribution in [0.1, 0.15) is 150 Å². The third-order valence-electron chi connectivity index (χ3n) is 36.5. The highest BCUT2D eigenvalue weighted by Crippen LogP contribution is 2.63. The minimum Gasteiger partial charge on any atom is -0.456 e. The molecular formula is C138H97N5O. The van der Waals surface area contributed by atoms with Crippen LogP contribution in [0.4, 0.5) is 0 Å². The van der Waals surface area contributed by atoms with Gasteiger partial charge in [-0.1, -0.05) is 320 Å². The van der Waals surface area contributed by atoms with Gasteiger partial charge in [-0.3, -0.25) is 0 Å². The molecule has 9 aromatic heterocycles. The van der Waals surface area contributed by atoms with Crippen molar-refractivity contribution in [3.8, 4) is 78.1 Å². The molecule has 0 atom stereocenters. The van der Waals surface area contributed by atoms with Gasteiger partial charge >= 0.3 is 0 Å². The summed E-state index contributed by atoms with van der Waals surface area (Å²) in [4.78, 5) is 0. The fourth-order valence-corrected chi connectivity index (χ4v) is 29.8. The van der Waals surface area contributed by atoms with Gasteiger partial charge in [0.15, 0.2) is 0 Å². The van der Waals surface area contributed by atoms with E-state index in [-0.39, 0.29) is 32.5 Å². The van der Waals surface area contributed by atoms with Crippen molar-refractivity contribution in [2.75, 3.05) is 0 Å². The van der Waals surface area contributed by atoms with E-state index < -0.39 is 0 Å². The largest absolute Gasteiger partial charge is 0.456 e. The van der Waals surface area contributed by atoms with Crippen LogP contribution < -0.4 is 0 Å². The predicted molar refractivity (Wildman–Crippen MR) is 605 cm³/mol. The molecule has 0 fully saturated rings. The summed E-state index contributed by atoms with van der Waals surface area (Å²) in [5.41, 5.74) is 53.8. The molecule has 6 aliphatic carbocycles. The summed E-state index contributed by atoms with van der Waals surface area (Å²) < 4.78 is 19.4. The Labute approximate surface area is 831 Å². The smallest absolute Gasteiger partial charge is 0.136 e.